The minimum Gasteiger partial charge on any atom is -0.383 e. The van der Waals surface area contributed by atoms with Crippen molar-refractivity contribution in [2.45, 2.75) is 18.7 Å². The largest absolute Gasteiger partial charge is 0.421 e. The molecule has 4 nitrogen and oxygen atoms in total. The molecule has 0 amide bonds. The Morgan fingerprint density at radius 1 is 1.17 bits per heavy atom. The summed E-state index contributed by atoms with van der Waals surface area (Å²) in [5, 5.41) is 9.36. The molecule has 102 valence electrons. The van der Waals surface area contributed by atoms with Gasteiger partial charge in [-0.05, 0) is 24.6 Å². The van der Waals surface area contributed by atoms with Crippen LogP contribution in [0.4, 0.5) is 13.2 Å². The van der Waals surface area contributed by atoms with Gasteiger partial charge in [-0.1, -0.05) is 12.1 Å². The molecule has 0 fully saturated rings. The molecule has 0 aliphatic rings. The number of rotatable bonds is 3. The highest BCUT2D eigenvalue weighted by molar-refractivity contribution is 7.86. The van der Waals surface area contributed by atoms with Crippen LogP contribution in [0.2, 0.25) is 0 Å². The second kappa shape index (κ2) is 4.43. The Morgan fingerprint density at radius 3 is 1.94 bits per heavy atom. The molecule has 1 N–H and O–H groups in total. The average Bonchev–Trinajstić information content (AvgIpc) is 2.14. The van der Waals surface area contributed by atoms with Crippen LogP contribution in [0.5, 0.6) is 5.75 Å². The second-order valence-corrected chi connectivity index (χ2v) is 5.46. The quantitative estimate of drug-likeness (QED) is 0.860. The van der Waals surface area contributed by atoms with Gasteiger partial charge in [-0.2, -0.15) is 21.6 Å². The SMILES string of the molecule is CC(O)(c1ccc(OS(C)(=O)=O)cc1)C(F)(F)F. The molecule has 0 aliphatic heterocycles. The minimum absolute atomic E-state index is 0.126. The van der Waals surface area contributed by atoms with E-state index < -0.39 is 27.5 Å². The third-order valence-electron chi connectivity index (χ3n) is 2.22. The Hall–Kier alpha value is -1.28. The molecule has 0 aliphatic carbocycles. The van der Waals surface area contributed by atoms with E-state index in [1.807, 2.05) is 0 Å². The van der Waals surface area contributed by atoms with Crippen molar-refractivity contribution in [1.82, 2.24) is 0 Å². The first-order chi connectivity index (χ1) is 7.93. The second-order valence-electron chi connectivity index (χ2n) is 3.88. The summed E-state index contributed by atoms with van der Waals surface area (Å²) in [5.74, 6) is -0.126. The minimum atomic E-state index is -4.83. The van der Waals surface area contributed by atoms with Gasteiger partial charge in [0.05, 0.1) is 6.26 Å². The summed E-state index contributed by atoms with van der Waals surface area (Å²) >= 11 is 0. The standard InChI is InChI=1S/C10H11F3O4S/c1-9(14,10(11,12)13)7-3-5-8(6-4-7)17-18(2,15)16/h3-6,14H,1-2H3. The van der Waals surface area contributed by atoms with E-state index in [9.17, 15) is 26.7 Å². The molecule has 1 unspecified atom stereocenters. The maximum atomic E-state index is 12.5. The number of hydrogen-bond donors (Lipinski definition) is 1. The van der Waals surface area contributed by atoms with E-state index in [4.69, 9.17) is 0 Å². The monoisotopic (exact) mass is 284 g/mol. The van der Waals surface area contributed by atoms with Gasteiger partial charge in [-0.3, -0.25) is 0 Å². The van der Waals surface area contributed by atoms with Crippen molar-refractivity contribution in [3.05, 3.63) is 29.8 Å². The first-order valence-corrected chi connectivity index (χ1v) is 6.54. The molecule has 18 heavy (non-hydrogen) atoms. The summed E-state index contributed by atoms with van der Waals surface area (Å²) in [6.07, 6.45) is -4.01. The van der Waals surface area contributed by atoms with Gasteiger partial charge in [0.15, 0.2) is 5.60 Å². The van der Waals surface area contributed by atoms with E-state index in [0.29, 0.717) is 6.92 Å². The van der Waals surface area contributed by atoms with Crippen molar-refractivity contribution >= 4 is 10.1 Å². The average molecular weight is 284 g/mol. The first-order valence-electron chi connectivity index (χ1n) is 4.72. The van der Waals surface area contributed by atoms with E-state index in [-0.39, 0.29) is 5.75 Å². The first kappa shape index (κ1) is 14.8. The van der Waals surface area contributed by atoms with Crippen LogP contribution >= 0.6 is 0 Å². The molecule has 8 heteroatoms. The number of alkyl halides is 3. The van der Waals surface area contributed by atoms with Crippen molar-refractivity contribution in [3.63, 3.8) is 0 Å². The zero-order chi connectivity index (χ0) is 14.2. The fourth-order valence-corrected chi connectivity index (χ4v) is 1.63. The lowest BCUT2D eigenvalue weighted by Gasteiger charge is -2.26. The topological polar surface area (TPSA) is 63.6 Å². The Balaban J connectivity index is 3.04. The van der Waals surface area contributed by atoms with Gasteiger partial charge >= 0.3 is 16.3 Å². The van der Waals surface area contributed by atoms with Crippen LogP contribution in [0.25, 0.3) is 0 Å². The highest BCUT2D eigenvalue weighted by Gasteiger charge is 2.51. The van der Waals surface area contributed by atoms with Crippen LogP contribution in [0.1, 0.15) is 12.5 Å². The summed E-state index contributed by atoms with van der Waals surface area (Å²) < 4.78 is 63.6. The normalized spacial score (nSPS) is 16.1. The Morgan fingerprint density at radius 2 is 1.61 bits per heavy atom. The molecule has 1 aromatic rings. The molecular formula is C10H11F3O4S. The molecule has 1 rings (SSSR count). The van der Waals surface area contributed by atoms with Crippen molar-refractivity contribution < 1.29 is 30.9 Å². The number of halogens is 3. The van der Waals surface area contributed by atoms with Gasteiger partial charge in [-0.15, -0.1) is 0 Å². The summed E-state index contributed by atoms with van der Waals surface area (Å²) in [6.45, 7) is 0.611. The zero-order valence-corrected chi connectivity index (χ0v) is 10.3. The van der Waals surface area contributed by atoms with Gasteiger partial charge in [0.2, 0.25) is 0 Å². The van der Waals surface area contributed by atoms with Crippen LogP contribution in [-0.2, 0) is 15.7 Å². The molecule has 0 bridgehead atoms. The van der Waals surface area contributed by atoms with Crippen LogP contribution in [0, 0.1) is 0 Å². The molecular weight excluding hydrogens is 273 g/mol. The third kappa shape index (κ3) is 3.36. The van der Waals surface area contributed by atoms with Gasteiger partial charge in [-0.25, -0.2) is 0 Å². The molecule has 0 heterocycles. The predicted molar refractivity (Wildman–Crippen MR) is 57.5 cm³/mol. The van der Waals surface area contributed by atoms with E-state index in [0.717, 1.165) is 30.5 Å². The van der Waals surface area contributed by atoms with E-state index in [1.54, 1.807) is 0 Å². The van der Waals surface area contributed by atoms with Crippen LogP contribution in [0.15, 0.2) is 24.3 Å². The lowest BCUT2D eigenvalue weighted by atomic mass is 9.95. The summed E-state index contributed by atoms with van der Waals surface area (Å²) in [4.78, 5) is 0. The van der Waals surface area contributed by atoms with Crippen LogP contribution in [0.3, 0.4) is 0 Å². The maximum Gasteiger partial charge on any atom is 0.421 e. The lowest BCUT2D eigenvalue weighted by Crippen LogP contribution is -2.39. The van der Waals surface area contributed by atoms with Gasteiger partial charge < -0.3 is 9.29 Å². The third-order valence-corrected chi connectivity index (χ3v) is 2.71. The summed E-state index contributed by atoms with van der Waals surface area (Å²) in [6, 6.07) is 3.98. The van der Waals surface area contributed by atoms with E-state index in [2.05, 4.69) is 4.18 Å². The highest BCUT2D eigenvalue weighted by atomic mass is 32.2. The van der Waals surface area contributed by atoms with Gasteiger partial charge in [0.1, 0.15) is 5.75 Å². The molecule has 0 aromatic heterocycles. The van der Waals surface area contributed by atoms with E-state index >= 15 is 0 Å². The summed E-state index contributed by atoms with van der Waals surface area (Å²) in [7, 11) is -3.74. The Labute approximate surface area is 102 Å². The fourth-order valence-electron chi connectivity index (χ4n) is 1.17. The van der Waals surface area contributed by atoms with E-state index in [1.165, 1.54) is 0 Å². The van der Waals surface area contributed by atoms with Gasteiger partial charge in [0.25, 0.3) is 0 Å². The van der Waals surface area contributed by atoms with Crippen molar-refractivity contribution in [1.29, 1.82) is 0 Å². The Kier molecular flexibility index (Phi) is 3.64. The Bertz CT molecular complexity index is 517. The number of aliphatic hydroxyl groups is 1. The highest BCUT2D eigenvalue weighted by Crippen LogP contribution is 2.38. The molecule has 0 saturated carbocycles. The number of benzene rings is 1. The smallest absolute Gasteiger partial charge is 0.383 e. The fraction of sp³-hybridized carbons (Fsp3) is 0.400. The molecule has 0 spiro atoms. The van der Waals surface area contributed by atoms with Crippen molar-refractivity contribution in [2.24, 2.45) is 0 Å². The predicted octanol–water partition coefficient (Wildman–Crippen LogP) is 1.79. The molecule has 1 aromatic carbocycles. The summed E-state index contributed by atoms with van der Waals surface area (Å²) in [5.41, 5.74) is -3.41. The zero-order valence-electron chi connectivity index (χ0n) is 9.52. The molecule has 1 atom stereocenters. The molecule has 0 radical (unpaired) electrons. The van der Waals surface area contributed by atoms with Crippen LogP contribution < -0.4 is 4.18 Å². The van der Waals surface area contributed by atoms with Gasteiger partial charge in [0, 0.05) is 0 Å². The lowest BCUT2D eigenvalue weighted by molar-refractivity contribution is -0.258. The maximum absolute atomic E-state index is 12.5. The van der Waals surface area contributed by atoms with Crippen LogP contribution in [-0.4, -0.2) is 26.0 Å². The molecule has 0 saturated heterocycles. The van der Waals surface area contributed by atoms with Crippen molar-refractivity contribution in [2.75, 3.05) is 6.26 Å². The van der Waals surface area contributed by atoms with Crippen molar-refractivity contribution in [3.8, 4) is 5.75 Å². The number of hydrogen-bond acceptors (Lipinski definition) is 4.